The minimum Gasteiger partial charge on any atom is -0.467 e. The smallest absolute Gasteiger partial charge is 0.413 e. The molecular weight excluding hydrogens is 749 g/mol. The Labute approximate surface area is 309 Å². The zero-order chi connectivity index (χ0) is 38.3. The molecule has 282 valence electrons. The Bertz CT molecular complexity index is 1890. The van der Waals surface area contributed by atoms with E-state index in [1.54, 1.807) is 51.1 Å². The Morgan fingerprint density at radius 3 is 2.35 bits per heavy atom. The van der Waals surface area contributed by atoms with Gasteiger partial charge >= 0.3 is 24.0 Å². The molecular formula is C33H37Cl2N3O13S. The van der Waals surface area contributed by atoms with Crippen LogP contribution in [0.15, 0.2) is 64.1 Å². The molecule has 0 spiro atoms. The van der Waals surface area contributed by atoms with E-state index in [0.29, 0.717) is 16.3 Å². The van der Waals surface area contributed by atoms with Gasteiger partial charge in [0, 0.05) is 10.6 Å². The minimum atomic E-state index is -4.29. The van der Waals surface area contributed by atoms with Gasteiger partial charge in [0.1, 0.15) is 23.9 Å². The molecule has 1 aliphatic rings. The molecule has 1 fully saturated rings. The summed E-state index contributed by atoms with van der Waals surface area (Å²) in [6, 6.07) is 10.9. The van der Waals surface area contributed by atoms with Gasteiger partial charge in [-0.1, -0.05) is 35.3 Å². The third kappa shape index (κ3) is 10.1. The van der Waals surface area contributed by atoms with Crippen LogP contribution in [0, 0.1) is 0 Å². The molecule has 0 unspecified atom stereocenters. The first kappa shape index (κ1) is 40.4. The molecule has 52 heavy (non-hydrogen) atoms. The number of sulfonamides is 1. The number of furan rings is 1. The highest BCUT2D eigenvalue weighted by Gasteiger charge is 2.53. The van der Waals surface area contributed by atoms with Crippen LogP contribution in [0.1, 0.15) is 55.3 Å². The summed E-state index contributed by atoms with van der Waals surface area (Å²) in [5.41, 5.74) is -0.660. The number of anilines is 1. The second-order valence-electron chi connectivity index (χ2n) is 12.1. The van der Waals surface area contributed by atoms with Crippen LogP contribution in [0.5, 0.6) is 0 Å². The van der Waals surface area contributed by atoms with E-state index in [2.05, 4.69) is 5.32 Å². The number of hydrogen-bond acceptors (Lipinski definition) is 14. The highest BCUT2D eigenvalue weighted by Crippen LogP contribution is 2.40. The number of rotatable bonds is 14. The number of hydrogen-bond donors (Lipinski definition) is 3. The van der Waals surface area contributed by atoms with Crippen LogP contribution in [0.3, 0.4) is 0 Å². The monoisotopic (exact) mass is 785 g/mol. The zero-order valence-corrected chi connectivity index (χ0v) is 30.6. The highest BCUT2D eigenvalue weighted by molar-refractivity contribution is 7.89. The lowest BCUT2D eigenvalue weighted by atomic mass is 9.90. The van der Waals surface area contributed by atoms with E-state index in [0.717, 1.165) is 6.07 Å². The fourth-order valence-corrected chi connectivity index (χ4v) is 6.52. The van der Waals surface area contributed by atoms with Crippen LogP contribution in [0.4, 0.5) is 10.5 Å². The first-order valence-electron chi connectivity index (χ1n) is 15.6. The van der Waals surface area contributed by atoms with Gasteiger partial charge < -0.3 is 38.5 Å². The average molecular weight is 787 g/mol. The maximum Gasteiger partial charge on any atom is 0.413 e. The largest absolute Gasteiger partial charge is 0.467 e. The number of morpholine rings is 1. The number of nitrogens with one attached hydrogen (secondary N) is 1. The number of nitrogens with two attached hydrogens (primary N) is 1. The predicted molar refractivity (Wildman–Crippen MR) is 183 cm³/mol. The van der Waals surface area contributed by atoms with Crippen molar-refractivity contribution in [3.05, 3.63) is 81.7 Å². The van der Waals surface area contributed by atoms with Gasteiger partial charge in [0.15, 0.2) is 0 Å². The summed E-state index contributed by atoms with van der Waals surface area (Å²) in [5, 5.41) is 19.6. The molecule has 1 aromatic heterocycles. The normalized spacial score (nSPS) is 18.3. The highest BCUT2D eigenvalue weighted by atomic mass is 35.5. The number of esters is 3. The first-order valence-corrected chi connectivity index (χ1v) is 17.9. The number of benzene rings is 2. The summed E-state index contributed by atoms with van der Waals surface area (Å²) in [5.74, 6) is -4.05. The summed E-state index contributed by atoms with van der Waals surface area (Å²) in [6.07, 6.45) is -0.264. The second-order valence-corrected chi connectivity index (χ2v) is 14.4. The van der Waals surface area contributed by atoms with Crippen molar-refractivity contribution in [3.63, 3.8) is 0 Å². The van der Waals surface area contributed by atoms with E-state index in [1.165, 1.54) is 23.3 Å². The fourth-order valence-electron chi connectivity index (χ4n) is 5.23. The molecule has 3 aromatic rings. The molecule has 19 heteroatoms. The lowest BCUT2D eigenvalue weighted by Crippen LogP contribution is -2.66. The number of carbonyl (C=O) groups is 4. The van der Waals surface area contributed by atoms with Gasteiger partial charge in [-0.25, -0.2) is 23.1 Å². The van der Waals surface area contributed by atoms with Crippen molar-refractivity contribution in [2.75, 3.05) is 31.9 Å². The molecule has 4 N–H and O–H groups in total. The Morgan fingerprint density at radius 1 is 1.00 bits per heavy atom. The molecule has 1 aliphatic heterocycles. The van der Waals surface area contributed by atoms with Crippen LogP contribution in [0.25, 0.3) is 0 Å². The van der Waals surface area contributed by atoms with E-state index in [4.69, 9.17) is 56.4 Å². The Kier molecular flexibility index (Phi) is 13.2. The number of halogens is 2. The van der Waals surface area contributed by atoms with Crippen molar-refractivity contribution in [1.82, 2.24) is 4.90 Å². The molecule has 16 nitrogen and oxygen atoms in total. The van der Waals surface area contributed by atoms with Crippen LogP contribution in [0.2, 0.25) is 10.0 Å². The molecule has 2 aromatic carbocycles. The summed E-state index contributed by atoms with van der Waals surface area (Å²) < 4.78 is 55.2. The van der Waals surface area contributed by atoms with Crippen molar-refractivity contribution in [3.8, 4) is 0 Å². The van der Waals surface area contributed by atoms with E-state index in [1.807, 2.05) is 0 Å². The van der Waals surface area contributed by atoms with Gasteiger partial charge in [0.05, 0.1) is 60.1 Å². The van der Waals surface area contributed by atoms with Crippen LogP contribution in [-0.4, -0.2) is 80.6 Å². The fraction of sp³-hybridized carbons (Fsp3) is 0.394. The number of aliphatic hydroxyl groups is 1. The Morgan fingerprint density at radius 2 is 1.69 bits per heavy atom. The van der Waals surface area contributed by atoms with Crippen molar-refractivity contribution >= 4 is 62.9 Å². The SMILES string of the molecule is C[C@@H]1N(C(=O)OCOC(=O)CCC(=O)OCCOC(=O)c2cc(S(N)(=O)=O)c(Cl)cc2NCc2ccco2)C(C)(C)CO[C@@]1(O)c1cccc(Cl)c1. The Hall–Kier alpha value is -4.39. The zero-order valence-electron chi connectivity index (χ0n) is 28.3. The molecule has 2 heterocycles. The van der Waals surface area contributed by atoms with Crippen molar-refractivity contribution in [2.24, 2.45) is 5.14 Å². The third-order valence-electron chi connectivity index (χ3n) is 7.83. The molecule has 0 radical (unpaired) electrons. The molecule has 1 saturated heterocycles. The first-order chi connectivity index (χ1) is 24.4. The second kappa shape index (κ2) is 17.0. The van der Waals surface area contributed by atoms with Crippen molar-refractivity contribution < 1.29 is 60.8 Å². The molecule has 1 amide bonds. The van der Waals surface area contributed by atoms with Gasteiger partial charge in [-0.15, -0.1) is 0 Å². The van der Waals surface area contributed by atoms with E-state index in [-0.39, 0.29) is 29.4 Å². The molecule has 4 rings (SSSR count). The number of carbonyl (C=O) groups excluding carboxylic acids is 4. The number of nitrogens with zero attached hydrogens (tertiary/aromatic N) is 1. The van der Waals surface area contributed by atoms with Crippen molar-refractivity contribution in [1.29, 1.82) is 0 Å². The Balaban J connectivity index is 1.21. The topological polar surface area (TPSA) is 223 Å². The maximum absolute atomic E-state index is 13.1. The predicted octanol–water partition coefficient (Wildman–Crippen LogP) is 4.31. The summed E-state index contributed by atoms with van der Waals surface area (Å²) in [4.78, 5) is 51.1. The van der Waals surface area contributed by atoms with Gasteiger partial charge in [-0.2, -0.15) is 0 Å². The standard InChI is InChI=1S/C33H37Cl2N3O13S/c1-20-33(43,21-6-4-7-22(34)14-21)51-18-32(2,3)38(20)31(42)50-19-49-29(40)10-9-28(39)47-12-13-48-30(41)24-15-27(52(36,44)45)25(35)16-26(24)37-17-23-8-5-11-46-23/h4-8,11,14-16,20,37,43H,9-10,12-13,17-19H2,1-3H3,(H2,36,44,45)/t20-,33+/m0/s1. The number of primary sulfonamides is 1. The van der Waals surface area contributed by atoms with E-state index in [9.17, 15) is 32.7 Å². The van der Waals surface area contributed by atoms with Crippen LogP contribution < -0.4 is 10.5 Å². The van der Waals surface area contributed by atoms with Gasteiger partial charge in [0.25, 0.3) is 0 Å². The summed E-state index contributed by atoms with van der Waals surface area (Å²) in [7, 11) is -4.29. The molecule has 0 saturated carbocycles. The van der Waals surface area contributed by atoms with Gasteiger partial charge in [-0.3, -0.25) is 14.5 Å². The third-order valence-corrected chi connectivity index (χ3v) is 9.44. The molecule has 2 atom stereocenters. The quantitative estimate of drug-likeness (QED) is 0.0897. The minimum absolute atomic E-state index is 0.0536. The molecule has 0 aliphatic carbocycles. The lowest BCUT2D eigenvalue weighted by molar-refractivity contribution is -0.295. The summed E-state index contributed by atoms with van der Waals surface area (Å²) in [6.45, 7) is 3.48. The lowest BCUT2D eigenvalue weighted by Gasteiger charge is -2.52. The maximum atomic E-state index is 13.1. The van der Waals surface area contributed by atoms with Crippen LogP contribution >= 0.6 is 23.2 Å². The van der Waals surface area contributed by atoms with E-state index >= 15 is 0 Å². The average Bonchev–Trinajstić information content (AvgIpc) is 3.60. The number of ether oxygens (including phenoxy) is 5. The summed E-state index contributed by atoms with van der Waals surface area (Å²) >= 11 is 12.2. The van der Waals surface area contributed by atoms with Crippen molar-refractivity contribution in [2.45, 2.75) is 62.4 Å². The number of amides is 1. The van der Waals surface area contributed by atoms with Gasteiger partial charge in [0.2, 0.25) is 22.6 Å². The van der Waals surface area contributed by atoms with E-state index < -0.39 is 89.1 Å². The van der Waals surface area contributed by atoms with Gasteiger partial charge in [-0.05, 0) is 57.2 Å². The van der Waals surface area contributed by atoms with Crippen LogP contribution in [-0.2, 0) is 55.6 Å². The molecule has 0 bridgehead atoms.